The molecule has 2 N–H and O–H groups in total. The Morgan fingerprint density at radius 2 is 1.81 bits per heavy atom. The maximum absolute atomic E-state index is 12.9. The van der Waals surface area contributed by atoms with Crippen molar-refractivity contribution in [3.8, 4) is 0 Å². The highest BCUT2D eigenvalue weighted by Gasteiger charge is 2.31. The Labute approximate surface area is 211 Å². The first-order valence-electron chi connectivity index (χ1n) is 12.6. The molecule has 0 radical (unpaired) electrons. The number of carbonyl (C=O) groups excluding carboxylic acids is 3. The number of alkyl carbamates (subject to hydrolysis) is 1. The molecule has 1 aliphatic rings. The zero-order chi connectivity index (χ0) is 26.3. The number of ether oxygens (including phenoxy) is 2. The molecule has 1 unspecified atom stereocenters. The number of fused-ring (bicyclic) bond motifs is 1. The van der Waals surface area contributed by atoms with Crippen LogP contribution in [-0.2, 0) is 32.5 Å². The molecule has 0 saturated carbocycles. The van der Waals surface area contributed by atoms with Crippen LogP contribution in [0.5, 0.6) is 0 Å². The zero-order valence-corrected chi connectivity index (χ0v) is 21.7. The minimum Gasteiger partial charge on any atom is -0.444 e. The lowest BCUT2D eigenvalue weighted by Gasteiger charge is -2.21. The second kappa shape index (κ2) is 12.2. The van der Waals surface area contributed by atoms with Crippen LogP contribution in [0.3, 0.4) is 0 Å². The van der Waals surface area contributed by atoms with Crippen LogP contribution in [-0.4, -0.2) is 52.4 Å². The number of rotatable bonds is 11. The predicted octanol–water partition coefficient (Wildman–Crippen LogP) is 2.96. The van der Waals surface area contributed by atoms with E-state index in [0.29, 0.717) is 31.7 Å². The van der Waals surface area contributed by atoms with Crippen LogP contribution in [0.4, 0.5) is 4.79 Å². The number of nitrogens with zero attached hydrogens (tertiary/aromatic N) is 2. The van der Waals surface area contributed by atoms with Gasteiger partial charge in [-0.1, -0.05) is 6.07 Å². The summed E-state index contributed by atoms with van der Waals surface area (Å²) in [6.07, 6.45) is 4.58. The molecule has 2 aromatic rings. The number of aromatic nitrogens is 2. The minimum absolute atomic E-state index is 0.225. The summed E-state index contributed by atoms with van der Waals surface area (Å²) in [7, 11) is 1.70. The van der Waals surface area contributed by atoms with Crippen molar-refractivity contribution in [2.75, 3.05) is 19.8 Å². The smallest absolute Gasteiger partial charge is 0.407 e. The van der Waals surface area contributed by atoms with Crippen molar-refractivity contribution in [1.82, 2.24) is 19.8 Å². The van der Waals surface area contributed by atoms with Crippen LogP contribution in [0, 0.1) is 0 Å². The van der Waals surface area contributed by atoms with Gasteiger partial charge >= 0.3 is 11.8 Å². The Balaban J connectivity index is 1.39. The second-order valence-electron chi connectivity index (χ2n) is 10.2. The molecule has 0 aliphatic carbocycles. The second-order valence-corrected chi connectivity index (χ2v) is 10.2. The molecule has 36 heavy (non-hydrogen) atoms. The first kappa shape index (κ1) is 27.4. The minimum atomic E-state index is -0.671. The highest BCUT2D eigenvalue weighted by Crippen LogP contribution is 2.24. The molecule has 1 fully saturated rings. The van der Waals surface area contributed by atoms with Gasteiger partial charge in [-0.2, -0.15) is 0 Å². The standard InChI is InChI=1S/C26H38N4O6/c1-26(2,3)36-24(33)27-14-6-8-16-35-15-7-5-9-18-10-11-19-21(17-18)29(4)25(34)30(19)20-12-13-22(31)28-23(20)32/h10-11,17,20H,5-9,12-16H2,1-4H3,(H,27,33)(H,28,31,32). The first-order chi connectivity index (χ1) is 17.1. The van der Waals surface area contributed by atoms with Gasteiger partial charge in [-0.25, -0.2) is 9.59 Å². The SMILES string of the molecule is Cn1c(=O)n(C2CCC(=O)NC2=O)c2ccc(CCCCOCCCCNC(=O)OC(C)(C)C)cc21. The summed E-state index contributed by atoms with van der Waals surface area (Å²) in [5, 5.41) is 5.07. The van der Waals surface area contributed by atoms with Crippen LogP contribution in [0.1, 0.15) is 70.9 Å². The number of aryl methyl sites for hydroxylation is 2. The van der Waals surface area contributed by atoms with Crippen LogP contribution < -0.4 is 16.3 Å². The lowest BCUT2D eigenvalue weighted by molar-refractivity contribution is -0.135. The number of unbranched alkanes of at least 4 members (excludes halogenated alkanes) is 2. The molecule has 3 rings (SSSR count). The summed E-state index contributed by atoms with van der Waals surface area (Å²) in [6, 6.07) is 5.20. The fourth-order valence-electron chi connectivity index (χ4n) is 4.26. The number of nitrogens with one attached hydrogen (secondary N) is 2. The fraction of sp³-hybridized carbons (Fsp3) is 0.615. The van der Waals surface area contributed by atoms with Crippen molar-refractivity contribution in [3.05, 3.63) is 34.2 Å². The van der Waals surface area contributed by atoms with Crippen molar-refractivity contribution in [2.45, 2.75) is 77.4 Å². The Hall–Kier alpha value is -3.14. The van der Waals surface area contributed by atoms with Gasteiger partial charge in [-0.15, -0.1) is 0 Å². The van der Waals surface area contributed by atoms with E-state index in [1.165, 1.54) is 4.57 Å². The molecule has 1 saturated heterocycles. The summed E-state index contributed by atoms with van der Waals surface area (Å²) in [5.74, 6) is -0.727. The van der Waals surface area contributed by atoms with Crippen molar-refractivity contribution in [1.29, 1.82) is 0 Å². The monoisotopic (exact) mass is 502 g/mol. The van der Waals surface area contributed by atoms with Gasteiger partial charge in [0.1, 0.15) is 11.6 Å². The van der Waals surface area contributed by atoms with Gasteiger partial charge in [0, 0.05) is 33.2 Å². The third-order valence-corrected chi connectivity index (χ3v) is 6.06. The number of carbonyl (C=O) groups is 3. The quantitative estimate of drug-likeness (QED) is 0.360. The van der Waals surface area contributed by atoms with E-state index in [1.54, 1.807) is 11.6 Å². The van der Waals surface area contributed by atoms with Gasteiger partial charge in [0.05, 0.1) is 11.0 Å². The van der Waals surface area contributed by atoms with Crippen molar-refractivity contribution in [3.63, 3.8) is 0 Å². The third kappa shape index (κ3) is 7.43. The molecular weight excluding hydrogens is 464 g/mol. The number of imidazole rings is 1. The fourth-order valence-corrected chi connectivity index (χ4v) is 4.26. The average molecular weight is 503 g/mol. The van der Waals surface area contributed by atoms with Crippen molar-refractivity contribution >= 4 is 28.9 Å². The Kier molecular flexibility index (Phi) is 9.31. The van der Waals surface area contributed by atoms with Gasteiger partial charge < -0.3 is 14.8 Å². The van der Waals surface area contributed by atoms with E-state index >= 15 is 0 Å². The molecule has 10 nitrogen and oxygen atoms in total. The molecule has 1 aromatic heterocycles. The molecule has 0 bridgehead atoms. The van der Waals surface area contributed by atoms with Crippen molar-refractivity contribution < 1.29 is 23.9 Å². The van der Waals surface area contributed by atoms with E-state index in [2.05, 4.69) is 10.6 Å². The molecule has 0 spiro atoms. The number of hydrogen-bond donors (Lipinski definition) is 2. The van der Waals surface area contributed by atoms with E-state index in [1.807, 2.05) is 39.0 Å². The van der Waals surface area contributed by atoms with E-state index in [9.17, 15) is 19.2 Å². The number of piperidine rings is 1. The molecular formula is C26H38N4O6. The molecule has 3 amide bonds. The van der Waals surface area contributed by atoms with Gasteiger partial charge in [0.2, 0.25) is 11.8 Å². The Morgan fingerprint density at radius 3 is 2.50 bits per heavy atom. The predicted molar refractivity (Wildman–Crippen MR) is 136 cm³/mol. The van der Waals surface area contributed by atoms with Crippen LogP contribution in [0.15, 0.2) is 23.0 Å². The lowest BCUT2D eigenvalue weighted by atomic mass is 10.0. The number of amides is 3. The molecule has 2 heterocycles. The van der Waals surface area contributed by atoms with E-state index in [0.717, 1.165) is 43.2 Å². The van der Waals surface area contributed by atoms with E-state index in [-0.39, 0.29) is 18.0 Å². The normalized spacial score (nSPS) is 16.3. The van der Waals surface area contributed by atoms with Gasteiger partial charge in [0.15, 0.2) is 0 Å². The van der Waals surface area contributed by atoms with Crippen LogP contribution in [0.2, 0.25) is 0 Å². The highest BCUT2D eigenvalue weighted by molar-refractivity contribution is 6.00. The van der Waals surface area contributed by atoms with Crippen LogP contribution >= 0.6 is 0 Å². The molecule has 1 aliphatic heterocycles. The topological polar surface area (TPSA) is 121 Å². The average Bonchev–Trinajstić information content (AvgIpc) is 3.04. The van der Waals surface area contributed by atoms with Crippen molar-refractivity contribution in [2.24, 2.45) is 7.05 Å². The summed E-state index contributed by atoms with van der Waals surface area (Å²) in [5.41, 5.74) is 1.85. The third-order valence-electron chi connectivity index (χ3n) is 6.06. The summed E-state index contributed by atoms with van der Waals surface area (Å²) in [6.45, 7) is 7.39. The Morgan fingerprint density at radius 1 is 1.08 bits per heavy atom. The largest absolute Gasteiger partial charge is 0.444 e. The zero-order valence-electron chi connectivity index (χ0n) is 21.7. The van der Waals surface area contributed by atoms with Gasteiger partial charge in [-0.3, -0.25) is 24.0 Å². The molecule has 1 atom stereocenters. The number of hydrogen-bond acceptors (Lipinski definition) is 6. The van der Waals surface area contributed by atoms with E-state index in [4.69, 9.17) is 9.47 Å². The summed E-state index contributed by atoms with van der Waals surface area (Å²) >= 11 is 0. The summed E-state index contributed by atoms with van der Waals surface area (Å²) < 4.78 is 13.9. The maximum Gasteiger partial charge on any atom is 0.407 e. The molecule has 1 aromatic carbocycles. The van der Waals surface area contributed by atoms with Gasteiger partial charge in [0.25, 0.3) is 0 Å². The first-order valence-corrected chi connectivity index (χ1v) is 12.6. The number of imide groups is 1. The van der Waals surface area contributed by atoms with E-state index < -0.39 is 23.6 Å². The Bertz CT molecular complexity index is 1140. The maximum atomic E-state index is 12.9. The molecule has 10 heteroatoms. The number of benzene rings is 1. The summed E-state index contributed by atoms with van der Waals surface area (Å²) in [4.78, 5) is 48.2. The highest BCUT2D eigenvalue weighted by atomic mass is 16.6. The van der Waals surface area contributed by atoms with Gasteiger partial charge in [-0.05, 0) is 77.0 Å². The molecule has 198 valence electrons. The van der Waals surface area contributed by atoms with Crippen LogP contribution in [0.25, 0.3) is 11.0 Å². The lowest BCUT2D eigenvalue weighted by Crippen LogP contribution is -2.44.